The number of hydrogen-bond acceptors (Lipinski definition) is 3. The van der Waals surface area contributed by atoms with Crippen molar-refractivity contribution >= 4 is 11.8 Å². The standard InChI is InChI=1S/C16H29NOS/c1-3-17-14(15(2)5-6-15)13-4-9-18-16(12-13)7-10-19-11-8-16/h13-14,17H,3-12H2,1-2H3. The Bertz CT molecular complexity index is 304. The van der Waals surface area contributed by atoms with Crippen molar-refractivity contribution in [2.75, 3.05) is 24.7 Å². The Kier molecular flexibility index (Phi) is 4.17. The number of thioether (sulfide) groups is 1. The summed E-state index contributed by atoms with van der Waals surface area (Å²) in [6, 6.07) is 0.729. The minimum absolute atomic E-state index is 0.243. The Morgan fingerprint density at radius 2 is 2.00 bits per heavy atom. The van der Waals surface area contributed by atoms with E-state index in [1.165, 1.54) is 50.0 Å². The summed E-state index contributed by atoms with van der Waals surface area (Å²) < 4.78 is 6.26. The van der Waals surface area contributed by atoms with Crippen LogP contribution >= 0.6 is 11.8 Å². The summed E-state index contributed by atoms with van der Waals surface area (Å²) in [7, 11) is 0. The molecule has 0 radical (unpaired) electrons. The molecule has 0 amide bonds. The predicted molar refractivity (Wildman–Crippen MR) is 82.8 cm³/mol. The van der Waals surface area contributed by atoms with Gasteiger partial charge in [-0.15, -0.1) is 0 Å². The van der Waals surface area contributed by atoms with E-state index in [4.69, 9.17) is 4.74 Å². The van der Waals surface area contributed by atoms with Crippen LogP contribution in [0, 0.1) is 11.3 Å². The maximum absolute atomic E-state index is 6.26. The van der Waals surface area contributed by atoms with Gasteiger partial charge in [0, 0.05) is 12.6 Å². The zero-order valence-electron chi connectivity index (χ0n) is 12.5. The normalized spacial score (nSPS) is 34.1. The molecule has 3 rings (SSSR count). The van der Waals surface area contributed by atoms with Gasteiger partial charge in [-0.2, -0.15) is 11.8 Å². The van der Waals surface area contributed by atoms with Crippen LogP contribution in [0.15, 0.2) is 0 Å². The largest absolute Gasteiger partial charge is 0.375 e. The topological polar surface area (TPSA) is 21.3 Å². The first-order valence-electron chi connectivity index (χ1n) is 8.13. The smallest absolute Gasteiger partial charge is 0.0701 e. The molecule has 3 heteroatoms. The fourth-order valence-corrected chi connectivity index (χ4v) is 5.39. The number of rotatable bonds is 4. The van der Waals surface area contributed by atoms with Gasteiger partial charge in [0.25, 0.3) is 0 Å². The third-order valence-corrected chi connectivity index (χ3v) is 6.61. The second-order valence-corrected chi connectivity index (χ2v) is 8.31. The predicted octanol–water partition coefficient (Wildman–Crippen LogP) is 3.46. The summed E-state index contributed by atoms with van der Waals surface area (Å²) >= 11 is 2.10. The molecular weight excluding hydrogens is 254 g/mol. The highest BCUT2D eigenvalue weighted by molar-refractivity contribution is 7.99. The van der Waals surface area contributed by atoms with Gasteiger partial charge in [0.15, 0.2) is 0 Å². The van der Waals surface area contributed by atoms with E-state index in [0.29, 0.717) is 5.41 Å². The SMILES string of the molecule is CCNC(C1CCOC2(CCSCC2)C1)C1(C)CC1. The molecule has 1 aliphatic carbocycles. The molecule has 0 aromatic carbocycles. The first-order chi connectivity index (χ1) is 9.18. The molecule has 3 fully saturated rings. The van der Waals surface area contributed by atoms with Crippen molar-refractivity contribution in [2.24, 2.45) is 11.3 Å². The van der Waals surface area contributed by atoms with Crippen LogP contribution in [-0.4, -0.2) is 36.3 Å². The second kappa shape index (κ2) is 5.57. The lowest BCUT2D eigenvalue weighted by atomic mass is 9.74. The van der Waals surface area contributed by atoms with Crippen molar-refractivity contribution in [3.05, 3.63) is 0 Å². The molecule has 3 aliphatic rings. The first-order valence-corrected chi connectivity index (χ1v) is 9.28. The van der Waals surface area contributed by atoms with E-state index >= 15 is 0 Å². The number of nitrogens with one attached hydrogen (secondary N) is 1. The van der Waals surface area contributed by atoms with Crippen LogP contribution in [0.4, 0.5) is 0 Å². The van der Waals surface area contributed by atoms with E-state index < -0.39 is 0 Å². The van der Waals surface area contributed by atoms with Crippen LogP contribution < -0.4 is 5.32 Å². The molecule has 2 unspecified atom stereocenters. The lowest BCUT2D eigenvalue weighted by Gasteiger charge is -2.46. The van der Waals surface area contributed by atoms with Crippen molar-refractivity contribution in [3.8, 4) is 0 Å². The zero-order valence-corrected chi connectivity index (χ0v) is 13.4. The van der Waals surface area contributed by atoms with Gasteiger partial charge in [0.2, 0.25) is 0 Å². The van der Waals surface area contributed by atoms with Crippen LogP contribution in [0.5, 0.6) is 0 Å². The van der Waals surface area contributed by atoms with Gasteiger partial charge in [0.1, 0.15) is 0 Å². The third-order valence-electron chi connectivity index (χ3n) is 5.62. The van der Waals surface area contributed by atoms with Crippen molar-refractivity contribution < 1.29 is 4.74 Å². The first kappa shape index (κ1) is 14.2. The van der Waals surface area contributed by atoms with E-state index in [2.05, 4.69) is 30.9 Å². The molecule has 1 spiro atoms. The molecule has 0 bridgehead atoms. The monoisotopic (exact) mass is 283 g/mol. The van der Waals surface area contributed by atoms with Crippen molar-refractivity contribution in [2.45, 2.75) is 64.0 Å². The highest BCUT2D eigenvalue weighted by atomic mass is 32.2. The molecule has 1 N–H and O–H groups in total. The maximum Gasteiger partial charge on any atom is 0.0701 e. The van der Waals surface area contributed by atoms with Gasteiger partial charge in [-0.3, -0.25) is 0 Å². The molecule has 2 aliphatic heterocycles. The number of ether oxygens (including phenoxy) is 1. The lowest BCUT2D eigenvalue weighted by Crippen LogP contribution is -2.51. The van der Waals surface area contributed by atoms with Gasteiger partial charge in [-0.1, -0.05) is 13.8 Å². The van der Waals surface area contributed by atoms with Crippen LogP contribution in [-0.2, 0) is 4.74 Å². The van der Waals surface area contributed by atoms with Crippen LogP contribution in [0.2, 0.25) is 0 Å². The van der Waals surface area contributed by atoms with E-state index in [-0.39, 0.29) is 5.60 Å². The van der Waals surface area contributed by atoms with Gasteiger partial charge in [-0.05, 0) is 67.9 Å². The summed E-state index contributed by atoms with van der Waals surface area (Å²) in [5.74, 6) is 3.44. The van der Waals surface area contributed by atoms with Crippen LogP contribution in [0.3, 0.4) is 0 Å². The van der Waals surface area contributed by atoms with Crippen molar-refractivity contribution in [1.82, 2.24) is 5.32 Å². The molecule has 2 atom stereocenters. The van der Waals surface area contributed by atoms with Gasteiger partial charge < -0.3 is 10.1 Å². The quantitative estimate of drug-likeness (QED) is 0.854. The Labute approximate surface area is 122 Å². The molecule has 19 heavy (non-hydrogen) atoms. The average molecular weight is 283 g/mol. The van der Waals surface area contributed by atoms with E-state index in [0.717, 1.165) is 25.1 Å². The van der Waals surface area contributed by atoms with Crippen LogP contribution in [0.25, 0.3) is 0 Å². The minimum Gasteiger partial charge on any atom is -0.375 e. The van der Waals surface area contributed by atoms with E-state index in [1.54, 1.807) is 0 Å². The molecule has 0 aromatic heterocycles. The van der Waals surface area contributed by atoms with Crippen LogP contribution in [0.1, 0.15) is 52.4 Å². The van der Waals surface area contributed by atoms with Gasteiger partial charge in [0.05, 0.1) is 5.60 Å². The number of hydrogen-bond donors (Lipinski definition) is 1. The van der Waals surface area contributed by atoms with Gasteiger partial charge in [-0.25, -0.2) is 0 Å². The Morgan fingerprint density at radius 1 is 1.26 bits per heavy atom. The van der Waals surface area contributed by atoms with E-state index in [9.17, 15) is 0 Å². The molecular formula is C16H29NOS. The molecule has 1 saturated carbocycles. The summed E-state index contributed by atoms with van der Waals surface area (Å²) in [5, 5.41) is 3.82. The molecule has 110 valence electrons. The highest BCUT2D eigenvalue weighted by Crippen LogP contribution is 2.53. The third kappa shape index (κ3) is 2.98. The van der Waals surface area contributed by atoms with Crippen molar-refractivity contribution in [3.63, 3.8) is 0 Å². The van der Waals surface area contributed by atoms with Gasteiger partial charge >= 0.3 is 0 Å². The summed E-state index contributed by atoms with van der Waals surface area (Å²) in [6.07, 6.45) is 7.98. The van der Waals surface area contributed by atoms with Crippen molar-refractivity contribution in [1.29, 1.82) is 0 Å². The Hall–Kier alpha value is 0.270. The van der Waals surface area contributed by atoms with E-state index in [1.807, 2.05) is 0 Å². The second-order valence-electron chi connectivity index (χ2n) is 7.09. The molecule has 2 heterocycles. The molecule has 2 nitrogen and oxygen atoms in total. The fourth-order valence-electron chi connectivity index (χ4n) is 4.15. The minimum atomic E-state index is 0.243. The Balaban J connectivity index is 1.69. The average Bonchev–Trinajstić information content (AvgIpc) is 3.16. The summed E-state index contributed by atoms with van der Waals surface area (Å²) in [4.78, 5) is 0. The highest BCUT2D eigenvalue weighted by Gasteiger charge is 2.50. The zero-order chi connectivity index (χ0) is 13.3. The summed E-state index contributed by atoms with van der Waals surface area (Å²) in [5.41, 5.74) is 0.829. The summed E-state index contributed by atoms with van der Waals surface area (Å²) in [6.45, 7) is 6.85. The molecule has 2 saturated heterocycles. The molecule has 0 aromatic rings. The maximum atomic E-state index is 6.26. The fraction of sp³-hybridized carbons (Fsp3) is 1.00. The Morgan fingerprint density at radius 3 is 2.63 bits per heavy atom. The lowest BCUT2D eigenvalue weighted by molar-refractivity contribution is -0.110.